The number of halogens is 2. The van der Waals surface area contributed by atoms with Gasteiger partial charge in [-0.15, -0.1) is 69.1 Å². The van der Waals surface area contributed by atoms with E-state index in [0.717, 1.165) is 9.52 Å². The number of aryl methyl sites for hydroxylation is 4. The van der Waals surface area contributed by atoms with E-state index in [0.29, 0.717) is 0 Å². The minimum atomic E-state index is -0.826. The fourth-order valence-electron chi connectivity index (χ4n) is 5.93. The molecule has 0 bridgehead atoms. The van der Waals surface area contributed by atoms with E-state index in [1.54, 1.807) is 0 Å². The zero-order valence-electron chi connectivity index (χ0n) is 28.4. The Morgan fingerprint density at radius 1 is 0.489 bits per heavy atom. The Morgan fingerprint density at radius 2 is 0.872 bits per heavy atom. The summed E-state index contributed by atoms with van der Waals surface area (Å²) in [6.07, 6.45) is 0. The fourth-order valence-corrected chi connectivity index (χ4v) is 6.46. The normalized spacial score (nSPS) is 10.2. The third-order valence-corrected chi connectivity index (χ3v) is 9.55. The van der Waals surface area contributed by atoms with Crippen molar-refractivity contribution in [1.29, 1.82) is 0 Å². The maximum atomic E-state index is 4.93. The molecule has 0 N–H and O–H groups in total. The summed E-state index contributed by atoms with van der Waals surface area (Å²) in [4.78, 5) is 0. The van der Waals surface area contributed by atoms with Gasteiger partial charge in [-0.25, -0.2) is 0 Å². The Labute approximate surface area is 303 Å². The molecule has 7 rings (SSSR count). The quantitative estimate of drug-likeness (QED) is 0.125. The number of rotatable bonds is 3. The molecule has 0 aliphatic heterocycles. The Kier molecular flexibility index (Phi) is 14.1. The average Bonchev–Trinajstić information content (AvgIpc) is 3.66. The molecule has 0 spiro atoms. The van der Waals surface area contributed by atoms with Crippen molar-refractivity contribution in [2.75, 3.05) is 0 Å². The summed E-state index contributed by atoms with van der Waals surface area (Å²) in [5.41, 5.74) is 13.5. The van der Waals surface area contributed by atoms with Crippen molar-refractivity contribution in [2.45, 2.75) is 48.1 Å². The van der Waals surface area contributed by atoms with Crippen LogP contribution in [0.25, 0.3) is 43.8 Å². The van der Waals surface area contributed by atoms with Gasteiger partial charge < -0.3 is 0 Å². The monoisotopic (exact) mass is 746 g/mol. The van der Waals surface area contributed by atoms with Gasteiger partial charge >= 0.3 is 37.9 Å². The van der Waals surface area contributed by atoms with Gasteiger partial charge in [0.1, 0.15) is 0 Å². The van der Waals surface area contributed by atoms with E-state index in [9.17, 15) is 0 Å². The first-order valence-electron chi connectivity index (χ1n) is 15.8. The van der Waals surface area contributed by atoms with Crippen LogP contribution in [0.2, 0.25) is 6.55 Å². The molecule has 0 aliphatic rings. The molecule has 7 aromatic carbocycles. The minimum absolute atomic E-state index is 0.826. The summed E-state index contributed by atoms with van der Waals surface area (Å²) in [5, 5.41) is 6.84. The van der Waals surface area contributed by atoms with Crippen molar-refractivity contribution in [2.24, 2.45) is 0 Å². The number of benzene rings is 5. The van der Waals surface area contributed by atoms with E-state index >= 15 is 0 Å². The zero-order valence-corrected chi connectivity index (χ0v) is 33.4. The second kappa shape index (κ2) is 18.0. The van der Waals surface area contributed by atoms with Gasteiger partial charge in [-0.3, -0.25) is 0 Å². The molecule has 7 aromatic rings. The summed E-state index contributed by atoms with van der Waals surface area (Å²) < 4.78 is 0. The van der Waals surface area contributed by atoms with Gasteiger partial charge in [-0.05, 0) is 61.1 Å². The van der Waals surface area contributed by atoms with E-state index in [1.165, 1.54) is 82.4 Å². The van der Waals surface area contributed by atoms with E-state index in [4.69, 9.17) is 17.0 Å². The van der Waals surface area contributed by atoms with Crippen LogP contribution < -0.4 is 5.19 Å². The molecule has 0 fully saturated rings. The summed E-state index contributed by atoms with van der Waals surface area (Å²) in [7, 11) is 10.8. The van der Waals surface area contributed by atoms with Crippen molar-refractivity contribution in [3.63, 3.8) is 0 Å². The van der Waals surface area contributed by atoms with Gasteiger partial charge in [-0.2, -0.15) is 12.1 Å². The summed E-state index contributed by atoms with van der Waals surface area (Å²) in [5.74, 6) is 0. The fraction of sp³-hybridized carbons (Fsp3) is 0.163. The molecule has 236 valence electrons. The standard InChI is InChI=1S/2C18H17.C7H8Si.2ClH.Zr/c2*1-12-10-15-7-5-9-17(18(15)11-12)16-8-4-6-13(2)14(16)3;1-8-7-5-3-2-4-6-7;;;/h2*4-11H,1-3H3;2-6H,1H3;2*1H;/q2*-1;;;;+4/p-2. The van der Waals surface area contributed by atoms with Crippen molar-refractivity contribution < 1.29 is 20.8 Å². The van der Waals surface area contributed by atoms with E-state index in [2.05, 4.69) is 169 Å². The SMILES string of the molecule is C[Si]c1ccccc1.Cc1cc2c(-c3cccc(C)c3C)cccc2[cH-]1.Cc1cc2c(-c3cccc(C)c3C)cccc2[cH-]1.[Cl][Zr+2][Cl]. The van der Waals surface area contributed by atoms with Crippen molar-refractivity contribution in [1.82, 2.24) is 0 Å². The van der Waals surface area contributed by atoms with E-state index in [1.807, 2.05) is 6.07 Å². The second-order valence-corrected chi connectivity index (χ2v) is 16.7. The average molecular weight is 749 g/mol. The topological polar surface area (TPSA) is 0 Å². The molecule has 0 aromatic heterocycles. The molecular formula is C43H42Cl2SiZr. The predicted molar refractivity (Wildman–Crippen MR) is 208 cm³/mol. The number of hydrogen-bond donors (Lipinski definition) is 0. The molecule has 0 saturated heterocycles. The second-order valence-electron chi connectivity index (χ2n) is 11.9. The molecule has 0 aliphatic carbocycles. The van der Waals surface area contributed by atoms with Gasteiger partial charge in [-0.1, -0.05) is 116 Å². The van der Waals surface area contributed by atoms with Crippen LogP contribution in [0.5, 0.6) is 0 Å². The molecule has 0 atom stereocenters. The summed E-state index contributed by atoms with van der Waals surface area (Å²) >= 11 is -0.826. The summed E-state index contributed by atoms with van der Waals surface area (Å²) in [6.45, 7) is 15.3. The van der Waals surface area contributed by atoms with Gasteiger partial charge in [0.2, 0.25) is 0 Å². The molecule has 0 saturated carbocycles. The van der Waals surface area contributed by atoms with Crippen LogP contribution in [-0.2, 0) is 20.8 Å². The van der Waals surface area contributed by atoms with Crippen molar-refractivity contribution in [3.8, 4) is 22.3 Å². The molecule has 4 heteroatoms. The van der Waals surface area contributed by atoms with Gasteiger partial charge in [0.25, 0.3) is 0 Å². The van der Waals surface area contributed by atoms with Gasteiger partial charge in [0.15, 0.2) is 0 Å². The zero-order chi connectivity index (χ0) is 33.9. The molecule has 0 nitrogen and oxygen atoms in total. The first-order chi connectivity index (χ1) is 22.7. The Morgan fingerprint density at radius 3 is 1.26 bits per heavy atom. The third-order valence-electron chi connectivity index (χ3n) is 8.64. The van der Waals surface area contributed by atoms with Crippen molar-refractivity contribution >= 4 is 53.3 Å². The molecule has 47 heavy (non-hydrogen) atoms. The van der Waals surface area contributed by atoms with Crippen LogP contribution >= 0.6 is 17.0 Å². The Balaban J connectivity index is 0.000000163. The molecular weight excluding hydrogens is 707 g/mol. The van der Waals surface area contributed by atoms with E-state index < -0.39 is 20.8 Å². The third kappa shape index (κ3) is 9.55. The van der Waals surface area contributed by atoms with Crippen LogP contribution in [0.15, 0.2) is 127 Å². The number of fused-ring (bicyclic) bond motifs is 2. The molecule has 0 heterocycles. The Hall–Kier alpha value is -3.00. The first-order valence-corrected chi connectivity index (χ1v) is 23.7. The van der Waals surface area contributed by atoms with Crippen LogP contribution in [-0.4, -0.2) is 9.52 Å². The summed E-state index contributed by atoms with van der Waals surface area (Å²) in [6, 6.07) is 45.8. The van der Waals surface area contributed by atoms with Crippen LogP contribution in [0.4, 0.5) is 0 Å². The molecule has 2 radical (unpaired) electrons. The molecule has 0 unspecified atom stereocenters. The van der Waals surface area contributed by atoms with Crippen LogP contribution in [0.3, 0.4) is 0 Å². The van der Waals surface area contributed by atoms with Gasteiger partial charge in [0, 0.05) is 0 Å². The molecule has 0 amide bonds. The van der Waals surface area contributed by atoms with Crippen LogP contribution in [0, 0.1) is 41.5 Å². The van der Waals surface area contributed by atoms with E-state index in [-0.39, 0.29) is 0 Å². The van der Waals surface area contributed by atoms with Crippen molar-refractivity contribution in [3.05, 3.63) is 161 Å². The van der Waals surface area contributed by atoms with Crippen LogP contribution in [0.1, 0.15) is 33.4 Å². The number of hydrogen-bond acceptors (Lipinski definition) is 0. The van der Waals surface area contributed by atoms with Gasteiger partial charge in [0.05, 0.1) is 9.52 Å². The first kappa shape index (κ1) is 36.8. The predicted octanol–water partition coefficient (Wildman–Crippen LogP) is 12.7. The Bertz CT molecular complexity index is 1910. The maximum absolute atomic E-state index is 4.93.